The van der Waals surface area contributed by atoms with Crippen molar-refractivity contribution in [2.75, 3.05) is 42.9 Å². The summed E-state index contributed by atoms with van der Waals surface area (Å²) in [6.07, 6.45) is 4.64. The van der Waals surface area contributed by atoms with Crippen molar-refractivity contribution in [1.82, 2.24) is 19.8 Å². The highest BCUT2D eigenvalue weighted by molar-refractivity contribution is 6.01. The van der Waals surface area contributed by atoms with E-state index in [0.29, 0.717) is 73.8 Å². The van der Waals surface area contributed by atoms with Gasteiger partial charge in [0.05, 0.1) is 17.5 Å². The number of benzene rings is 1. The number of rotatable bonds is 11. The van der Waals surface area contributed by atoms with Crippen molar-refractivity contribution in [3.05, 3.63) is 93.9 Å². The Morgan fingerprint density at radius 1 is 0.934 bits per heavy atom. The van der Waals surface area contributed by atoms with Crippen molar-refractivity contribution in [1.29, 1.82) is 0 Å². The number of hydrogen-bond acceptors (Lipinski definition) is 9. The maximum Gasteiger partial charge on any atom is 0.572 e. The molecule has 17 heteroatoms. The van der Waals surface area contributed by atoms with Crippen LogP contribution >= 0.6 is 0 Å². The van der Waals surface area contributed by atoms with Gasteiger partial charge in [0.2, 0.25) is 11.8 Å². The smallest absolute Gasteiger partial charge is 0.410 e. The number of carbonyl (C=O) groups is 3. The minimum atomic E-state index is -4.89. The van der Waals surface area contributed by atoms with Gasteiger partial charge in [0.15, 0.2) is 0 Å². The largest absolute Gasteiger partial charge is 0.572 e. The predicted octanol–water partition coefficient (Wildman–Crippen LogP) is 7.67. The molecule has 3 aromatic rings. The number of amides is 2. The lowest BCUT2D eigenvalue weighted by molar-refractivity contribution is -0.306. The zero-order valence-corrected chi connectivity index (χ0v) is 33.7. The van der Waals surface area contributed by atoms with E-state index in [4.69, 9.17) is 0 Å². The van der Waals surface area contributed by atoms with E-state index in [0.717, 1.165) is 30.9 Å². The first-order valence-corrected chi connectivity index (χ1v) is 20.6. The minimum Gasteiger partial charge on any atom is -0.410 e. The lowest BCUT2D eigenvalue weighted by atomic mass is 9.90. The molecular weight excluding hydrogens is 807 g/mol. The van der Waals surface area contributed by atoms with Crippen molar-refractivity contribution in [2.45, 2.75) is 82.8 Å². The number of pyridine rings is 2. The lowest BCUT2D eigenvalue weighted by Crippen LogP contribution is -2.47. The molecule has 0 radical (unpaired) electrons. The van der Waals surface area contributed by atoms with Crippen molar-refractivity contribution in [2.24, 2.45) is 18.9 Å². The third kappa shape index (κ3) is 11.1. The van der Waals surface area contributed by atoms with Gasteiger partial charge in [-0.15, -0.1) is 13.2 Å². The van der Waals surface area contributed by atoms with Gasteiger partial charge in [0.1, 0.15) is 17.6 Å². The molecule has 0 bridgehead atoms. The number of piperidine rings is 2. The third-order valence-corrected chi connectivity index (χ3v) is 12.0. The van der Waals surface area contributed by atoms with E-state index < -0.39 is 36.0 Å². The van der Waals surface area contributed by atoms with Crippen LogP contribution in [0.3, 0.4) is 0 Å². The molecule has 3 fully saturated rings. The van der Waals surface area contributed by atoms with Crippen molar-refractivity contribution >= 4 is 45.3 Å². The number of nitrogens with zero attached hydrogens (tertiary/aromatic N) is 4. The fourth-order valence-electron chi connectivity index (χ4n) is 8.96. The number of hydrogen-bond donors (Lipinski definition) is 2. The number of anilines is 2. The molecule has 5 heterocycles. The van der Waals surface area contributed by atoms with E-state index in [-0.39, 0.29) is 66.1 Å². The monoisotopic (exact) mass is 854 g/mol. The van der Waals surface area contributed by atoms with Gasteiger partial charge < -0.3 is 19.5 Å². The van der Waals surface area contributed by atoms with Crippen LogP contribution in [0.4, 0.5) is 37.7 Å². The second-order valence-corrected chi connectivity index (χ2v) is 16.5. The Balaban J connectivity index is 0.927. The van der Waals surface area contributed by atoms with Crippen LogP contribution in [0.5, 0.6) is 0 Å². The molecule has 2 amide bonds. The Labute approximate surface area is 348 Å². The molecule has 2 unspecified atom stereocenters. The molecule has 7 rings (SSSR count). The second-order valence-electron chi connectivity index (χ2n) is 16.5. The highest BCUT2D eigenvalue weighted by Crippen LogP contribution is 2.40. The molecule has 1 aliphatic carbocycles. The predicted molar refractivity (Wildman–Crippen MR) is 217 cm³/mol. The van der Waals surface area contributed by atoms with E-state index in [1.165, 1.54) is 35.2 Å². The summed E-state index contributed by atoms with van der Waals surface area (Å²) in [4.78, 5) is 57.6. The van der Waals surface area contributed by atoms with E-state index in [9.17, 15) is 45.5 Å². The Morgan fingerprint density at radius 2 is 1.70 bits per heavy atom. The average Bonchev–Trinajstić information content (AvgIpc) is 3.54. The maximum absolute atomic E-state index is 14.3. The number of fused-ring (bicyclic) bond motifs is 1. The molecule has 2 atom stereocenters. The van der Waals surface area contributed by atoms with Gasteiger partial charge in [0, 0.05) is 74.9 Å². The maximum atomic E-state index is 14.3. The number of likely N-dealkylation sites (tertiary alicyclic amines) is 1. The Kier molecular flexibility index (Phi) is 13.1. The molecule has 61 heavy (non-hydrogen) atoms. The fraction of sp³-hybridized carbons (Fsp3) is 0.477. The van der Waals surface area contributed by atoms with Crippen molar-refractivity contribution in [3.63, 3.8) is 0 Å². The molecule has 4 aliphatic rings. The fourth-order valence-corrected chi connectivity index (χ4v) is 8.96. The summed E-state index contributed by atoms with van der Waals surface area (Å²) < 4.78 is 89.5. The van der Waals surface area contributed by atoms with E-state index >= 15 is 0 Å². The van der Waals surface area contributed by atoms with Gasteiger partial charge in [-0.2, -0.15) is 13.2 Å². The summed E-state index contributed by atoms with van der Waals surface area (Å²) in [5.74, 6) is -0.967. The van der Waals surface area contributed by atoms with Gasteiger partial charge in [-0.1, -0.05) is 17.7 Å². The van der Waals surface area contributed by atoms with Crippen molar-refractivity contribution < 1.29 is 45.5 Å². The van der Waals surface area contributed by atoms with Crippen LogP contribution in [0.2, 0.25) is 0 Å². The highest BCUT2D eigenvalue weighted by Gasteiger charge is 2.37. The topological polar surface area (TPSA) is 126 Å². The number of ether oxygens (including phenoxy) is 1. The number of carbonyl (C=O) groups excluding carboxylic acids is 3. The number of halogens is 6. The number of aromatic nitrogens is 2. The van der Waals surface area contributed by atoms with Gasteiger partial charge in [-0.3, -0.25) is 34.4 Å². The zero-order valence-electron chi connectivity index (χ0n) is 33.7. The Morgan fingerprint density at radius 3 is 2.44 bits per heavy atom. The summed E-state index contributed by atoms with van der Waals surface area (Å²) in [5, 5.41) is 5.94. The molecule has 2 N–H and O–H groups in total. The first kappa shape index (κ1) is 43.6. The molecule has 0 saturated carbocycles. The van der Waals surface area contributed by atoms with Crippen LogP contribution in [0.1, 0.15) is 75.3 Å². The van der Waals surface area contributed by atoms with E-state index in [1.54, 1.807) is 30.3 Å². The first-order chi connectivity index (χ1) is 29.0. The minimum absolute atomic E-state index is 0.0305. The summed E-state index contributed by atoms with van der Waals surface area (Å²) in [6.45, 7) is 2.32. The summed E-state index contributed by atoms with van der Waals surface area (Å²) in [6, 6.07) is 4.74. The van der Waals surface area contributed by atoms with Gasteiger partial charge in [-0.25, -0.2) is 0 Å². The normalized spacial score (nSPS) is 21.2. The highest BCUT2D eigenvalue weighted by atomic mass is 19.4. The Hall–Kier alpha value is -5.45. The van der Waals surface area contributed by atoms with E-state index in [2.05, 4.69) is 25.3 Å². The quantitative estimate of drug-likeness (QED) is 0.148. The third-order valence-electron chi connectivity index (χ3n) is 12.0. The molecule has 3 saturated heterocycles. The molecule has 3 aliphatic heterocycles. The number of nitrogens with one attached hydrogen (secondary N) is 2. The SMILES string of the molecule is Cn1cc(C2=CC=C(CC3CCCN(CC(=O)CC4CCN(c5ccc(NC6CCC(=O)NC6=O)cc5C(F)(F)F)CC4)CC3)CC(OC(F)(F)F)=C2)c2ccncc2c1=O. The number of imide groups is 1. The number of Topliss-reactive ketones (excluding diaryl/α,β-unsaturated/α-hetero) is 1. The molecule has 326 valence electrons. The summed E-state index contributed by atoms with van der Waals surface area (Å²) in [7, 11) is 1.58. The van der Waals surface area contributed by atoms with Crippen LogP contribution in [0, 0.1) is 11.8 Å². The number of ketones is 1. The number of allylic oxidation sites excluding steroid dienone is 5. The Bertz CT molecular complexity index is 2310. The van der Waals surface area contributed by atoms with Crippen LogP contribution in [-0.4, -0.2) is 77.2 Å². The molecule has 0 spiro atoms. The standard InChI is InChI=1S/C44H48F6N6O5/c1-54-26-36(34-10-14-51-24-35(34)42(54)60)30-5-4-29(21-33(22-30)61-44(48,49)50)19-27-3-2-15-55(16-11-27)25-32(57)20-28-12-17-56(18-13-28)39-8-6-31(23-37(39)43(45,46)47)52-38-7-9-40(58)53-41(38)59/h4-6,8,10,14,22-24,26-28,38,52H,2-3,7,9,11-13,15-21,25H2,1H3,(H,53,58,59). The molecule has 1 aromatic carbocycles. The van der Waals surface area contributed by atoms with Gasteiger partial charge in [0.25, 0.3) is 5.56 Å². The number of alkyl halides is 6. The summed E-state index contributed by atoms with van der Waals surface area (Å²) in [5.41, 5.74) is 0.901. The van der Waals surface area contributed by atoms with Crippen LogP contribution in [0.15, 0.2) is 77.2 Å². The summed E-state index contributed by atoms with van der Waals surface area (Å²) >= 11 is 0. The van der Waals surface area contributed by atoms with Gasteiger partial charge in [-0.05, 0) is 111 Å². The first-order valence-electron chi connectivity index (χ1n) is 20.6. The lowest BCUT2D eigenvalue weighted by Gasteiger charge is -2.35. The van der Waals surface area contributed by atoms with Gasteiger partial charge >= 0.3 is 12.5 Å². The van der Waals surface area contributed by atoms with Crippen molar-refractivity contribution in [3.8, 4) is 0 Å². The second kappa shape index (κ2) is 18.3. The van der Waals surface area contributed by atoms with Crippen LogP contribution in [0.25, 0.3) is 16.3 Å². The molecular formula is C44H48F6N6O5. The zero-order chi connectivity index (χ0) is 43.5. The van der Waals surface area contributed by atoms with E-state index in [1.807, 2.05) is 6.08 Å². The number of aryl methyl sites for hydroxylation is 1. The van der Waals surface area contributed by atoms with Crippen LogP contribution in [-0.2, 0) is 32.3 Å². The average molecular weight is 855 g/mol. The van der Waals surface area contributed by atoms with Crippen LogP contribution < -0.4 is 21.1 Å². The molecule has 2 aromatic heterocycles. The molecule has 11 nitrogen and oxygen atoms in total.